The van der Waals surface area contributed by atoms with E-state index in [1.54, 1.807) is 18.7 Å². The van der Waals surface area contributed by atoms with Gasteiger partial charge in [0.25, 0.3) is 5.91 Å². The third-order valence-electron chi connectivity index (χ3n) is 7.88. The molecule has 0 unspecified atom stereocenters. The minimum atomic E-state index is -1.93. The van der Waals surface area contributed by atoms with Crippen LogP contribution in [0.5, 0.6) is 0 Å². The number of likely N-dealkylation sites (N-methyl/N-ethyl adjacent to an activating group) is 1. The van der Waals surface area contributed by atoms with Crippen LogP contribution in [-0.2, 0) is 30.3 Å². The Morgan fingerprint density at radius 3 is 2.64 bits per heavy atom. The Labute approximate surface area is 242 Å². The summed E-state index contributed by atoms with van der Waals surface area (Å²) in [6, 6.07) is 9.40. The highest BCUT2D eigenvalue weighted by molar-refractivity contribution is 5.84. The van der Waals surface area contributed by atoms with Crippen LogP contribution in [0.2, 0.25) is 0 Å². The Bertz CT molecular complexity index is 1440. The minimum absolute atomic E-state index is 0.111. The number of rotatable bonds is 8. The van der Waals surface area contributed by atoms with Crippen molar-refractivity contribution >= 4 is 23.2 Å². The predicted molar refractivity (Wildman–Crippen MR) is 146 cm³/mol. The average Bonchev–Trinajstić information content (AvgIpc) is 3.73. The van der Waals surface area contributed by atoms with E-state index in [0.717, 1.165) is 18.4 Å². The number of benzene rings is 1. The third-order valence-corrected chi connectivity index (χ3v) is 7.88. The summed E-state index contributed by atoms with van der Waals surface area (Å²) >= 11 is 0. The molecule has 3 aliphatic rings. The van der Waals surface area contributed by atoms with Crippen LogP contribution >= 0.6 is 0 Å². The molecule has 0 spiro atoms. The summed E-state index contributed by atoms with van der Waals surface area (Å²) in [6.45, 7) is 5.71. The summed E-state index contributed by atoms with van der Waals surface area (Å²) in [5.74, 6) is -3.40. The van der Waals surface area contributed by atoms with Gasteiger partial charge in [0, 0.05) is 6.54 Å². The van der Waals surface area contributed by atoms with Crippen LogP contribution < -0.4 is 15.9 Å². The number of aromatic nitrogens is 4. The average molecular weight is 582 g/mol. The van der Waals surface area contributed by atoms with Crippen LogP contribution in [0.25, 0.3) is 11.2 Å². The van der Waals surface area contributed by atoms with Crippen molar-refractivity contribution < 1.29 is 33.4 Å². The first-order valence-corrected chi connectivity index (χ1v) is 14.1. The zero-order valence-corrected chi connectivity index (χ0v) is 23.8. The van der Waals surface area contributed by atoms with E-state index in [0.29, 0.717) is 30.6 Å². The van der Waals surface area contributed by atoms with Crippen molar-refractivity contribution in [1.82, 2.24) is 29.9 Å². The van der Waals surface area contributed by atoms with Gasteiger partial charge in [-0.2, -0.15) is 0 Å². The highest BCUT2D eigenvalue weighted by atomic mass is 16.9. The number of ether oxygens (including phenoxy) is 4. The lowest BCUT2D eigenvalue weighted by atomic mass is 10.0. The van der Waals surface area contributed by atoms with Crippen molar-refractivity contribution in [2.45, 2.75) is 88.7 Å². The number of nitrogens with one attached hydrogen (secondary N) is 1. The van der Waals surface area contributed by atoms with E-state index in [-0.39, 0.29) is 6.61 Å². The molecule has 6 rings (SSSR count). The molecule has 14 heteroatoms. The number of amides is 2. The van der Waals surface area contributed by atoms with Gasteiger partial charge < -0.3 is 28.7 Å². The summed E-state index contributed by atoms with van der Waals surface area (Å²) in [5, 5.41) is 3.00. The van der Waals surface area contributed by atoms with E-state index in [1.165, 1.54) is 23.6 Å². The summed E-state index contributed by atoms with van der Waals surface area (Å²) in [5.41, 5.74) is 7.42. The van der Waals surface area contributed by atoms with Gasteiger partial charge >= 0.3 is 12.0 Å². The minimum Gasteiger partial charge on any atom is -0.445 e. The zero-order valence-electron chi connectivity index (χ0n) is 23.8. The molecule has 14 nitrogen and oxygen atoms in total. The Balaban J connectivity index is 1.24. The number of alkyl carbamates (subject to hydrolysis) is 1. The topological polar surface area (TPSA) is 165 Å². The van der Waals surface area contributed by atoms with E-state index in [4.69, 9.17) is 29.5 Å². The summed E-state index contributed by atoms with van der Waals surface area (Å²) in [7, 11) is 0. The highest BCUT2D eigenvalue weighted by Crippen LogP contribution is 2.43. The number of hydrogen-bond acceptors (Lipinski definition) is 11. The maximum Gasteiger partial charge on any atom is 0.409 e. The van der Waals surface area contributed by atoms with Crippen LogP contribution in [0.3, 0.4) is 0 Å². The standard InChI is InChI=1S/C28H35N7O7/c1-4-34(27(12-8-9-13-27)33-25(37)38-15-18-10-6-5-7-11-18)24(36)21-20-22(41-26(2,3)39-20)28(29,40-21)42-35-17-32-19-14-30-16-31-23(19)35/h5-7,10-11,14,16-17,20-22H,4,8-9,12-13,15,29H2,1-3H3,(H,33,37)/t20-,21+,22-,28-/m1/s1. The molecule has 2 amide bonds. The number of hydrogen-bond donors (Lipinski definition) is 2. The fraction of sp³-hybridized carbons (Fsp3) is 0.536. The molecule has 1 saturated carbocycles. The van der Waals surface area contributed by atoms with Gasteiger partial charge in [-0.1, -0.05) is 30.3 Å². The van der Waals surface area contributed by atoms with Gasteiger partial charge in [-0.3, -0.25) is 15.8 Å². The molecule has 2 aromatic heterocycles. The Morgan fingerprint density at radius 2 is 1.90 bits per heavy atom. The Hall–Kier alpha value is -3.85. The number of fused-ring (bicyclic) bond motifs is 2. The van der Waals surface area contributed by atoms with Crippen LogP contribution in [0.15, 0.2) is 49.2 Å². The highest BCUT2D eigenvalue weighted by Gasteiger charge is 2.67. The second kappa shape index (κ2) is 10.8. The van der Waals surface area contributed by atoms with Crippen LogP contribution in [0.1, 0.15) is 52.0 Å². The molecule has 2 aliphatic heterocycles. The lowest BCUT2D eigenvalue weighted by molar-refractivity contribution is -0.287. The van der Waals surface area contributed by atoms with Crippen LogP contribution in [0.4, 0.5) is 4.79 Å². The number of nitrogens with two attached hydrogens (primary N) is 1. The lowest BCUT2D eigenvalue weighted by Gasteiger charge is -2.42. The van der Waals surface area contributed by atoms with Gasteiger partial charge in [0.05, 0.1) is 6.20 Å². The summed E-state index contributed by atoms with van der Waals surface area (Å²) < 4.78 is 25.2. The molecule has 3 N–H and O–H groups in total. The Morgan fingerprint density at radius 1 is 1.14 bits per heavy atom. The van der Waals surface area contributed by atoms with Crippen molar-refractivity contribution in [2.24, 2.45) is 5.73 Å². The van der Waals surface area contributed by atoms with Crippen molar-refractivity contribution in [3.05, 3.63) is 54.7 Å². The summed E-state index contributed by atoms with van der Waals surface area (Å²) in [4.78, 5) is 47.4. The molecule has 3 fully saturated rings. The molecule has 2 saturated heterocycles. The van der Waals surface area contributed by atoms with Gasteiger partial charge in [-0.25, -0.2) is 19.7 Å². The van der Waals surface area contributed by atoms with E-state index in [1.807, 2.05) is 37.3 Å². The molecule has 1 aliphatic carbocycles. The second-order valence-corrected chi connectivity index (χ2v) is 11.2. The van der Waals surface area contributed by atoms with Crippen molar-refractivity contribution in [3.8, 4) is 0 Å². The monoisotopic (exact) mass is 581 g/mol. The van der Waals surface area contributed by atoms with Gasteiger partial charge in [0.2, 0.25) is 0 Å². The van der Waals surface area contributed by atoms with Gasteiger partial charge in [0.1, 0.15) is 36.5 Å². The summed E-state index contributed by atoms with van der Waals surface area (Å²) in [6.07, 6.45) is 3.39. The molecule has 1 aromatic carbocycles. The number of imidazole rings is 1. The first-order chi connectivity index (χ1) is 20.1. The molecule has 224 valence electrons. The van der Waals surface area contributed by atoms with Crippen molar-refractivity contribution in [3.63, 3.8) is 0 Å². The molecule has 4 heterocycles. The second-order valence-electron chi connectivity index (χ2n) is 11.2. The molecule has 0 bridgehead atoms. The van der Waals surface area contributed by atoms with Crippen molar-refractivity contribution in [1.29, 1.82) is 0 Å². The van der Waals surface area contributed by atoms with Crippen LogP contribution in [-0.4, -0.2) is 78.8 Å². The third kappa shape index (κ3) is 5.15. The first kappa shape index (κ1) is 28.3. The predicted octanol–water partition coefficient (Wildman–Crippen LogP) is 1.83. The molecule has 4 atom stereocenters. The number of nitrogens with zero attached hydrogens (tertiary/aromatic N) is 5. The number of carbonyl (C=O) groups is 2. The molecular weight excluding hydrogens is 546 g/mol. The van der Waals surface area contributed by atoms with E-state index in [9.17, 15) is 9.59 Å². The number of carbonyl (C=O) groups excluding carboxylic acids is 2. The van der Waals surface area contributed by atoms with E-state index in [2.05, 4.69) is 20.3 Å². The quantitative estimate of drug-likeness (QED) is 0.373. The maximum absolute atomic E-state index is 14.3. The largest absolute Gasteiger partial charge is 0.445 e. The smallest absolute Gasteiger partial charge is 0.409 e. The first-order valence-electron chi connectivity index (χ1n) is 14.1. The lowest BCUT2D eigenvalue weighted by Crippen LogP contribution is -2.63. The Kier molecular flexibility index (Phi) is 7.25. The SMILES string of the molecule is CCN(C(=O)[C@H]1O[C@@](N)(On2cnc3cncnc32)[C@@H]2OC(C)(C)O[C@H]12)C1(NC(=O)OCc2ccccc2)CCCC1. The van der Waals surface area contributed by atoms with Gasteiger partial charge in [-0.05, 0) is 52.0 Å². The van der Waals surface area contributed by atoms with E-state index < -0.39 is 47.7 Å². The van der Waals surface area contributed by atoms with Crippen molar-refractivity contribution in [2.75, 3.05) is 6.54 Å². The van der Waals surface area contributed by atoms with Gasteiger partial charge in [0.15, 0.2) is 23.6 Å². The molecular formula is C28H35N7O7. The maximum atomic E-state index is 14.3. The molecule has 42 heavy (non-hydrogen) atoms. The fourth-order valence-corrected chi connectivity index (χ4v) is 6.08. The van der Waals surface area contributed by atoms with E-state index >= 15 is 0 Å². The normalized spacial score (nSPS) is 27.5. The molecule has 3 aromatic rings. The van der Waals surface area contributed by atoms with Gasteiger partial charge in [-0.15, -0.1) is 4.73 Å². The molecule has 0 radical (unpaired) electrons. The zero-order chi connectivity index (χ0) is 29.5. The fourth-order valence-electron chi connectivity index (χ4n) is 6.08. The van der Waals surface area contributed by atoms with Crippen LogP contribution in [0, 0.1) is 0 Å².